The summed E-state index contributed by atoms with van der Waals surface area (Å²) >= 11 is 5.74. The summed E-state index contributed by atoms with van der Waals surface area (Å²) < 4.78 is 0. The third-order valence-electron chi connectivity index (χ3n) is 2.94. The summed E-state index contributed by atoms with van der Waals surface area (Å²) in [5.74, 6) is 0.292. The van der Waals surface area contributed by atoms with E-state index in [1.807, 2.05) is 38.1 Å². The van der Waals surface area contributed by atoms with Gasteiger partial charge in [0, 0.05) is 11.6 Å². The second-order valence-electron chi connectivity index (χ2n) is 4.48. The van der Waals surface area contributed by atoms with Crippen LogP contribution in [0, 0.1) is 6.92 Å². The Labute approximate surface area is 123 Å². The third-order valence-corrected chi connectivity index (χ3v) is 3.25. The molecule has 0 saturated carbocycles. The molecule has 0 spiro atoms. The van der Waals surface area contributed by atoms with Crippen LogP contribution >= 0.6 is 11.6 Å². The second kappa shape index (κ2) is 6.48. The van der Waals surface area contributed by atoms with E-state index in [0.29, 0.717) is 23.6 Å². The minimum Gasteiger partial charge on any atom is -0.322 e. The van der Waals surface area contributed by atoms with Crippen molar-refractivity contribution in [1.82, 2.24) is 10.2 Å². The molecule has 1 N–H and O–H groups in total. The minimum absolute atomic E-state index is 0.168. The smallest absolute Gasteiger partial charge is 0.257 e. The largest absolute Gasteiger partial charge is 0.322 e. The fourth-order valence-electron chi connectivity index (χ4n) is 1.85. The van der Waals surface area contributed by atoms with Crippen molar-refractivity contribution in [2.24, 2.45) is 0 Å². The number of amides is 1. The van der Waals surface area contributed by atoms with E-state index in [9.17, 15) is 4.79 Å². The number of aromatic nitrogens is 2. The maximum atomic E-state index is 12.3. The number of aryl methyl sites for hydroxylation is 2. The summed E-state index contributed by atoms with van der Waals surface area (Å²) in [4.78, 5) is 12.3. The molecule has 104 valence electrons. The lowest BCUT2D eigenvalue weighted by atomic mass is 10.1. The predicted octanol–water partition coefficient (Wildman–Crippen LogP) is 3.34. The van der Waals surface area contributed by atoms with Crippen LogP contribution in [0.15, 0.2) is 30.3 Å². The maximum absolute atomic E-state index is 12.3. The molecule has 0 aliphatic rings. The quantitative estimate of drug-likeness (QED) is 0.878. The zero-order valence-corrected chi connectivity index (χ0v) is 12.2. The van der Waals surface area contributed by atoms with Gasteiger partial charge in [0.05, 0.1) is 17.0 Å². The van der Waals surface area contributed by atoms with Crippen molar-refractivity contribution in [2.45, 2.75) is 26.1 Å². The normalized spacial score (nSPS) is 10.3. The molecule has 20 heavy (non-hydrogen) atoms. The molecule has 1 amide bonds. The molecule has 0 atom stereocenters. The number of hydrogen-bond acceptors (Lipinski definition) is 3. The monoisotopic (exact) mass is 289 g/mol. The van der Waals surface area contributed by atoms with E-state index in [2.05, 4.69) is 15.5 Å². The van der Waals surface area contributed by atoms with Gasteiger partial charge < -0.3 is 5.32 Å². The molecule has 0 aliphatic carbocycles. The summed E-state index contributed by atoms with van der Waals surface area (Å²) in [5.41, 5.74) is 3.75. The molecule has 2 rings (SSSR count). The summed E-state index contributed by atoms with van der Waals surface area (Å²) in [6.45, 7) is 3.77. The number of carbonyl (C=O) groups excluding carboxylic acids is 1. The van der Waals surface area contributed by atoms with Gasteiger partial charge in [0.15, 0.2) is 0 Å². The van der Waals surface area contributed by atoms with Gasteiger partial charge in [-0.2, -0.15) is 10.2 Å². The number of hydrogen-bond donors (Lipinski definition) is 1. The fourth-order valence-corrected chi connectivity index (χ4v) is 2.03. The Bertz CT molecular complexity index is 611. The number of benzene rings is 1. The number of rotatable bonds is 4. The molecule has 5 heteroatoms. The average Bonchev–Trinajstić information content (AvgIpc) is 2.48. The Balaban J connectivity index is 2.20. The van der Waals surface area contributed by atoms with E-state index >= 15 is 0 Å². The highest BCUT2D eigenvalue weighted by atomic mass is 35.5. The molecule has 0 saturated heterocycles. The highest BCUT2D eigenvalue weighted by Gasteiger charge is 2.13. The van der Waals surface area contributed by atoms with Gasteiger partial charge in [0.1, 0.15) is 0 Å². The predicted molar refractivity (Wildman–Crippen MR) is 80.1 cm³/mol. The van der Waals surface area contributed by atoms with Crippen molar-refractivity contribution < 1.29 is 4.79 Å². The standard InChI is InChI=1S/C15H16ClN3O/c1-3-14-13(8-10(2)18-19-14)15(20)17-12-6-4-11(9-16)5-7-12/h4-8H,3,9H2,1-2H3,(H,17,20). The topological polar surface area (TPSA) is 54.9 Å². The van der Waals surface area contributed by atoms with E-state index in [1.165, 1.54) is 0 Å². The van der Waals surface area contributed by atoms with Gasteiger partial charge in [-0.1, -0.05) is 19.1 Å². The maximum Gasteiger partial charge on any atom is 0.257 e. The van der Waals surface area contributed by atoms with E-state index in [1.54, 1.807) is 6.07 Å². The van der Waals surface area contributed by atoms with Crippen LogP contribution in [0.25, 0.3) is 0 Å². The molecule has 4 nitrogen and oxygen atoms in total. The van der Waals surface area contributed by atoms with E-state index in [-0.39, 0.29) is 5.91 Å². The number of halogens is 1. The molecule has 0 aliphatic heterocycles. The lowest BCUT2D eigenvalue weighted by molar-refractivity contribution is 0.102. The van der Waals surface area contributed by atoms with E-state index < -0.39 is 0 Å². The van der Waals surface area contributed by atoms with Crippen LogP contribution in [0.5, 0.6) is 0 Å². The Kier molecular flexibility index (Phi) is 4.69. The highest BCUT2D eigenvalue weighted by molar-refractivity contribution is 6.17. The molecular weight excluding hydrogens is 274 g/mol. The minimum atomic E-state index is -0.168. The molecule has 0 unspecified atom stereocenters. The van der Waals surface area contributed by atoms with Crippen molar-refractivity contribution in [3.05, 3.63) is 52.8 Å². The lowest BCUT2D eigenvalue weighted by Crippen LogP contribution is -2.16. The van der Waals surface area contributed by atoms with Crippen LogP contribution in [0.4, 0.5) is 5.69 Å². The van der Waals surface area contributed by atoms with Crippen molar-refractivity contribution >= 4 is 23.2 Å². The molecule has 1 aromatic carbocycles. The van der Waals surface area contributed by atoms with Crippen LogP contribution in [0.2, 0.25) is 0 Å². The first-order valence-corrected chi connectivity index (χ1v) is 6.97. The van der Waals surface area contributed by atoms with Crippen LogP contribution in [-0.4, -0.2) is 16.1 Å². The van der Waals surface area contributed by atoms with Crippen LogP contribution in [0.1, 0.15) is 34.2 Å². The lowest BCUT2D eigenvalue weighted by Gasteiger charge is -2.09. The van der Waals surface area contributed by atoms with Gasteiger partial charge in [-0.25, -0.2) is 0 Å². The number of anilines is 1. The van der Waals surface area contributed by atoms with Crippen molar-refractivity contribution in [3.8, 4) is 0 Å². The van der Waals surface area contributed by atoms with Gasteiger partial charge in [-0.3, -0.25) is 4.79 Å². The van der Waals surface area contributed by atoms with Gasteiger partial charge in [0.2, 0.25) is 0 Å². The SMILES string of the molecule is CCc1nnc(C)cc1C(=O)Nc1ccc(CCl)cc1. The van der Waals surface area contributed by atoms with Crippen LogP contribution in [0.3, 0.4) is 0 Å². The summed E-state index contributed by atoms with van der Waals surface area (Å²) in [5, 5.41) is 10.9. The fraction of sp³-hybridized carbons (Fsp3) is 0.267. The summed E-state index contributed by atoms with van der Waals surface area (Å²) in [7, 11) is 0. The first-order chi connectivity index (χ1) is 9.63. The Morgan fingerprint density at radius 1 is 1.25 bits per heavy atom. The molecular formula is C15H16ClN3O. The summed E-state index contributed by atoms with van der Waals surface area (Å²) in [6, 6.07) is 9.21. The Morgan fingerprint density at radius 3 is 2.55 bits per heavy atom. The number of nitrogens with one attached hydrogen (secondary N) is 1. The van der Waals surface area contributed by atoms with Crippen LogP contribution in [-0.2, 0) is 12.3 Å². The molecule has 1 aromatic heterocycles. The van der Waals surface area contributed by atoms with E-state index in [0.717, 1.165) is 16.9 Å². The zero-order chi connectivity index (χ0) is 14.5. The number of alkyl halides is 1. The molecule has 1 heterocycles. The molecule has 0 fully saturated rings. The zero-order valence-electron chi connectivity index (χ0n) is 11.5. The van der Waals surface area contributed by atoms with Crippen molar-refractivity contribution in [3.63, 3.8) is 0 Å². The third kappa shape index (κ3) is 3.33. The molecule has 0 bridgehead atoms. The Morgan fingerprint density at radius 2 is 1.95 bits per heavy atom. The summed E-state index contributed by atoms with van der Waals surface area (Å²) in [6.07, 6.45) is 0.668. The first-order valence-electron chi connectivity index (χ1n) is 6.43. The first kappa shape index (κ1) is 14.5. The van der Waals surface area contributed by atoms with Crippen molar-refractivity contribution in [1.29, 1.82) is 0 Å². The van der Waals surface area contributed by atoms with Gasteiger partial charge >= 0.3 is 0 Å². The van der Waals surface area contributed by atoms with Crippen molar-refractivity contribution in [2.75, 3.05) is 5.32 Å². The number of carbonyl (C=O) groups is 1. The molecule has 0 radical (unpaired) electrons. The average molecular weight is 290 g/mol. The van der Waals surface area contributed by atoms with Crippen LogP contribution < -0.4 is 5.32 Å². The van der Waals surface area contributed by atoms with Gasteiger partial charge in [-0.15, -0.1) is 11.6 Å². The van der Waals surface area contributed by atoms with Gasteiger partial charge in [0.25, 0.3) is 5.91 Å². The highest BCUT2D eigenvalue weighted by Crippen LogP contribution is 2.14. The van der Waals surface area contributed by atoms with Gasteiger partial charge in [-0.05, 0) is 37.1 Å². The van der Waals surface area contributed by atoms with E-state index in [4.69, 9.17) is 11.6 Å². The number of nitrogens with zero attached hydrogens (tertiary/aromatic N) is 2. The molecule has 2 aromatic rings. The Hall–Kier alpha value is -1.94. The second-order valence-corrected chi connectivity index (χ2v) is 4.75.